The van der Waals surface area contributed by atoms with E-state index < -0.39 is 0 Å². The van der Waals surface area contributed by atoms with Crippen molar-refractivity contribution >= 4 is 33.7 Å². The Morgan fingerprint density at radius 3 is 2.54 bits per heavy atom. The van der Waals surface area contributed by atoms with E-state index in [9.17, 15) is 4.79 Å². The third-order valence-electron chi connectivity index (χ3n) is 4.85. The Balaban J connectivity index is 1.75. The maximum atomic E-state index is 12.4. The summed E-state index contributed by atoms with van der Waals surface area (Å²) in [5, 5.41) is 2.46. The second-order valence-electron chi connectivity index (χ2n) is 6.56. The minimum absolute atomic E-state index is 0.0320. The van der Waals surface area contributed by atoms with E-state index in [-0.39, 0.29) is 5.78 Å². The average molecular weight is 343 g/mol. The molecule has 3 nitrogen and oxygen atoms in total. The summed E-state index contributed by atoms with van der Waals surface area (Å²) in [4.78, 5) is 12.4. The number of aromatic nitrogens is 1. The first-order chi connectivity index (χ1) is 12.6. The van der Waals surface area contributed by atoms with Crippen LogP contribution in [0.15, 0.2) is 59.0 Å². The molecule has 3 heteroatoms. The molecule has 2 aromatic heterocycles. The van der Waals surface area contributed by atoms with Crippen LogP contribution < -0.4 is 0 Å². The molecule has 0 N–H and O–H groups in total. The Morgan fingerprint density at radius 1 is 1.04 bits per heavy atom. The number of nitrogens with zero attached hydrogens (tertiary/aromatic N) is 1. The van der Waals surface area contributed by atoms with E-state index in [4.69, 9.17) is 4.42 Å². The number of para-hydroxylation sites is 1. The van der Waals surface area contributed by atoms with Gasteiger partial charge in [-0.2, -0.15) is 0 Å². The lowest BCUT2D eigenvalue weighted by Gasteiger charge is -2.02. The Kier molecular flexibility index (Phi) is 4.00. The molecule has 4 rings (SSSR count). The summed E-state index contributed by atoms with van der Waals surface area (Å²) in [5.41, 5.74) is 4.11. The predicted octanol–water partition coefficient (Wildman–Crippen LogP) is 5.92. The SMILES string of the molecule is CCn1c2ccccc2c2cc(/C=C/C(=O)c3cc(C)oc3C)ccc21. The summed E-state index contributed by atoms with van der Waals surface area (Å²) in [6.45, 7) is 6.76. The van der Waals surface area contributed by atoms with E-state index in [0.717, 1.165) is 17.9 Å². The Morgan fingerprint density at radius 2 is 1.81 bits per heavy atom. The van der Waals surface area contributed by atoms with Gasteiger partial charge in [-0.15, -0.1) is 0 Å². The highest BCUT2D eigenvalue weighted by Crippen LogP contribution is 2.30. The lowest BCUT2D eigenvalue weighted by molar-refractivity contribution is 0.104. The van der Waals surface area contributed by atoms with Crippen molar-refractivity contribution in [2.75, 3.05) is 0 Å². The standard InChI is InChI=1S/C23H21NO2/c1-4-24-21-8-6-5-7-18(21)20-14-17(9-11-22(20)24)10-12-23(25)19-13-15(2)26-16(19)3/h5-14H,4H2,1-3H3/b12-10+. The lowest BCUT2D eigenvalue weighted by Crippen LogP contribution is -1.94. The van der Waals surface area contributed by atoms with E-state index in [1.165, 1.54) is 21.8 Å². The molecule has 0 aliphatic rings. The van der Waals surface area contributed by atoms with E-state index in [0.29, 0.717) is 11.3 Å². The Bertz CT molecular complexity index is 1160. The van der Waals surface area contributed by atoms with Gasteiger partial charge in [0.05, 0.1) is 5.56 Å². The first kappa shape index (κ1) is 16.4. The lowest BCUT2D eigenvalue weighted by atomic mass is 10.1. The number of fused-ring (bicyclic) bond motifs is 3. The molecule has 4 aromatic rings. The Labute approximate surface area is 152 Å². The van der Waals surface area contributed by atoms with Crippen molar-refractivity contribution in [3.63, 3.8) is 0 Å². The van der Waals surface area contributed by atoms with Crippen LogP contribution in [0.5, 0.6) is 0 Å². The molecular formula is C23H21NO2. The molecule has 0 saturated heterocycles. The molecule has 0 radical (unpaired) electrons. The van der Waals surface area contributed by atoms with Gasteiger partial charge in [-0.25, -0.2) is 0 Å². The number of benzene rings is 2. The zero-order valence-corrected chi connectivity index (χ0v) is 15.2. The second-order valence-corrected chi connectivity index (χ2v) is 6.56. The molecule has 26 heavy (non-hydrogen) atoms. The minimum Gasteiger partial charge on any atom is -0.466 e. The molecule has 0 spiro atoms. The maximum Gasteiger partial charge on any atom is 0.189 e. The molecule has 0 amide bonds. The van der Waals surface area contributed by atoms with Crippen molar-refractivity contribution < 1.29 is 9.21 Å². The highest BCUT2D eigenvalue weighted by molar-refractivity contribution is 6.10. The number of aryl methyl sites for hydroxylation is 3. The first-order valence-electron chi connectivity index (χ1n) is 8.89. The summed E-state index contributed by atoms with van der Waals surface area (Å²) >= 11 is 0. The molecule has 2 aromatic carbocycles. The summed E-state index contributed by atoms with van der Waals surface area (Å²) < 4.78 is 7.77. The van der Waals surface area contributed by atoms with Crippen molar-refractivity contribution in [3.8, 4) is 0 Å². The normalized spacial score (nSPS) is 11.8. The maximum absolute atomic E-state index is 12.4. The molecule has 0 bridgehead atoms. The van der Waals surface area contributed by atoms with Gasteiger partial charge in [-0.1, -0.05) is 30.3 Å². The van der Waals surface area contributed by atoms with Gasteiger partial charge in [0.2, 0.25) is 0 Å². The van der Waals surface area contributed by atoms with Crippen LogP contribution in [0, 0.1) is 13.8 Å². The number of carbonyl (C=O) groups excluding carboxylic acids is 1. The van der Waals surface area contributed by atoms with Gasteiger partial charge in [0, 0.05) is 28.4 Å². The fourth-order valence-corrected chi connectivity index (χ4v) is 3.65. The van der Waals surface area contributed by atoms with Gasteiger partial charge in [0.1, 0.15) is 11.5 Å². The highest BCUT2D eigenvalue weighted by atomic mass is 16.3. The summed E-state index contributed by atoms with van der Waals surface area (Å²) in [5.74, 6) is 1.39. The largest absolute Gasteiger partial charge is 0.466 e. The quantitative estimate of drug-likeness (QED) is 0.340. The number of hydrogen-bond donors (Lipinski definition) is 0. The monoisotopic (exact) mass is 343 g/mol. The summed E-state index contributed by atoms with van der Waals surface area (Å²) in [6.07, 6.45) is 3.50. The number of hydrogen-bond acceptors (Lipinski definition) is 2. The van der Waals surface area contributed by atoms with E-state index in [1.807, 2.05) is 19.9 Å². The third-order valence-corrected chi connectivity index (χ3v) is 4.85. The molecule has 0 fully saturated rings. The van der Waals surface area contributed by atoms with Crippen LogP contribution in [0.4, 0.5) is 0 Å². The highest BCUT2D eigenvalue weighted by Gasteiger charge is 2.11. The smallest absolute Gasteiger partial charge is 0.189 e. The molecule has 0 aliphatic carbocycles. The predicted molar refractivity (Wildman–Crippen MR) is 107 cm³/mol. The van der Waals surface area contributed by atoms with Crippen molar-refractivity contribution in [1.29, 1.82) is 0 Å². The summed E-state index contributed by atoms with van der Waals surface area (Å²) in [7, 11) is 0. The van der Waals surface area contributed by atoms with Crippen molar-refractivity contribution in [2.24, 2.45) is 0 Å². The molecule has 0 aliphatic heterocycles. The second kappa shape index (κ2) is 6.34. The zero-order chi connectivity index (χ0) is 18.3. The van der Waals surface area contributed by atoms with Gasteiger partial charge >= 0.3 is 0 Å². The van der Waals surface area contributed by atoms with Crippen LogP contribution >= 0.6 is 0 Å². The van der Waals surface area contributed by atoms with Gasteiger partial charge in [0.15, 0.2) is 5.78 Å². The third kappa shape index (κ3) is 2.66. The van der Waals surface area contributed by atoms with Crippen LogP contribution in [0.1, 0.15) is 34.4 Å². The van der Waals surface area contributed by atoms with Crippen LogP contribution in [0.25, 0.3) is 27.9 Å². The van der Waals surface area contributed by atoms with E-state index in [1.54, 1.807) is 12.1 Å². The number of rotatable bonds is 4. The number of ketones is 1. The minimum atomic E-state index is -0.0320. The summed E-state index contributed by atoms with van der Waals surface area (Å²) in [6, 6.07) is 16.6. The van der Waals surface area contributed by atoms with E-state index in [2.05, 4.69) is 54.0 Å². The van der Waals surface area contributed by atoms with Crippen molar-refractivity contribution in [3.05, 3.63) is 77.3 Å². The van der Waals surface area contributed by atoms with Crippen molar-refractivity contribution in [2.45, 2.75) is 27.3 Å². The van der Waals surface area contributed by atoms with Crippen molar-refractivity contribution in [1.82, 2.24) is 4.57 Å². The number of carbonyl (C=O) groups is 1. The zero-order valence-electron chi connectivity index (χ0n) is 15.2. The van der Waals surface area contributed by atoms with Crippen LogP contribution in [0.2, 0.25) is 0 Å². The Hall–Kier alpha value is -3.07. The molecular weight excluding hydrogens is 322 g/mol. The van der Waals surface area contributed by atoms with Gasteiger partial charge in [0.25, 0.3) is 0 Å². The van der Waals surface area contributed by atoms with Gasteiger partial charge < -0.3 is 8.98 Å². The van der Waals surface area contributed by atoms with Crippen LogP contribution in [-0.2, 0) is 6.54 Å². The molecule has 2 heterocycles. The molecule has 0 unspecified atom stereocenters. The molecule has 0 saturated carbocycles. The number of allylic oxidation sites excluding steroid dienone is 1. The van der Waals surface area contributed by atoms with Gasteiger partial charge in [-0.3, -0.25) is 4.79 Å². The first-order valence-corrected chi connectivity index (χ1v) is 8.89. The number of furan rings is 1. The molecule has 0 atom stereocenters. The van der Waals surface area contributed by atoms with Crippen LogP contribution in [0.3, 0.4) is 0 Å². The molecule has 130 valence electrons. The van der Waals surface area contributed by atoms with E-state index >= 15 is 0 Å². The topological polar surface area (TPSA) is 35.1 Å². The van der Waals surface area contributed by atoms with Crippen LogP contribution in [-0.4, -0.2) is 10.4 Å². The fraction of sp³-hybridized carbons (Fsp3) is 0.174. The van der Waals surface area contributed by atoms with Gasteiger partial charge in [-0.05, 0) is 56.7 Å². The fourth-order valence-electron chi connectivity index (χ4n) is 3.65. The average Bonchev–Trinajstić information content (AvgIpc) is 3.15.